The summed E-state index contributed by atoms with van der Waals surface area (Å²) in [5.74, 6) is -0.798. The van der Waals surface area contributed by atoms with E-state index in [0.29, 0.717) is 29.3 Å². The van der Waals surface area contributed by atoms with E-state index < -0.39 is 6.04 Å². The summed E-state index contributed by atoms with van der Waals surface area (Å²) in [6.45, 7) is 1.70. The van der Waals surface area contributed by atoms with E-state index in [0.717, 1.165) is 40.9 Å². The van der Waals surface area contributed by atoms with Crippen molar-refractivity contribution in [2.75, 3.05) is 27.7 Å². The zero-order valence-electron chi connectivity index (χ0n) is 21.7. The molecule has 3 aromatic rings. The lowest BCUT2D eigenvalue weighted by Crippen LogP contribution is -2.56. The standard InChI is InChI=1S/C27H31ClN6O3S/c1-33(2)27(37)16-5-7-19(30-24(35)22-11-15-4-6-18(28)10-17(15)13-29-22)21(12-16)31-25(36)26-32-20-8-9-34(3)14-23(20)38-26/h4,6,10-11,13,16,19,21H,5,7-9,12,14H2,1-3H3,(H,30,35)(H,31,36)/t16-,19-,21-/m0/s1. The van der Waals surface area contributed by atoms with Crippen LogP contribution in [0.3, 0.4) is 0 Å². The van der Waals surface area contributed by atoms with E-state index in [1.54, 1.807) is 43.4 Å². The quantitative estimate of drug-likeness (QED) is 0.502. The Balaban J connectivity index is 1.34. The average Bonchev–Trinajstić information content (AvgIpc) is 3.32. The molecule has 0 spiro atoms. The number of pyridine rings is 1. The van der Waals surface area contributed by atoms with E-state index in [4.69, 9.17) is 11.6 Å². The molecule has 0 unspecified atom stereocenters. The molecule has 38 heavy (non-hydrogen) atoms. The Morgan fingerprint density at radius 3 is 2.66 bits per heavy atom. The fourth-order valence-corrected chi connectivity index (χ4v) is 6.49. The summed E-state index contributed by atoms with van der Waals surface area (Å²) in [6, 6.07) is 6.39. The Bertz CT molecular complexity index is 1390. The molecule has 2 N–H and O–H groups in total. The van der Waals surface area contributed by atoms with Gasteiger partial charge in [-0.2, -0.15) is 0 Å². The van der Waals surface area contributed by atoms with Gasteiger partial charge in [0, 0.05) is 67.0 Å². The van der Waals surface area contributed by atoms with Crippen molar-refractivity contribution in [3.8, 4) is 0 Å². The summed E-state index contributed by atoms with van der Waals surface area (Å²) in [7, 11) is 5.53. The molecular formula is C27H31ClN6O3S. The highest BCUT2D eigenvalue weighted by Crippen LogP contribution is 2.29. The molecule has 2 aliphatic rings. The maximum atomic E-state index is 13.3. The number of thiazole rings is 1. The van der Waals surface area contributed by atoms with Crippen LogP contribution in [0.1, 0.15) is 50.1 Å². The van der Waals surface area contributed by atoms with Crippen molar-refractivity contribution in [2.24, 2.45) is 5.92 Å². The first kappa shape index (κ1) is 26.5. The van der Waals surface area contributed by atoms with Crippen LogP contribution < -0.4 is 10.6 Å². The molecule has 2 aromatic heterocycles. The third kappa shape index (κ3) is 5.67. The zero-order valence-corrected chi connectivity index (χ0v) is 23.2. The molecule has 3 atom stereocenters. The molecule has 11 heteroatoms. The Morgan fingerprint density at radius 1 is 1.08 bits per heavy atom. The smallest absolute Gasteiger partial charge is 0.280 e. The highest BCUT2D eigenvalue weighted by molar-refractivity contribution is 7.13. The minimum absolute atomic E-state index is 0.0247. The number of amides is 3. The maximum absolute atomic E-state index is 13.3. The molecule has 3 heterocycles. The van der Waals surface area contributed by atoms with Crippen LogP contribution in [0, 0.1) is 5.92 Å². The first-order chi connectivity index (χ1) is 18.2. The number of carbonyl (C=O) groups is 3. The predicted molar refractivity (Wildman–Crippen MR) is 147 cm³/mol. The number of rotatable bonds is 5. The lowest BCUT2D eigenvalue weighted by atomic mass is 9.81. The van der Waals surface area contributed by atoms with Gasteiger partial charge in [0.25, 0.3) is 11.8 Å². The average molecular weight is 555 g/mol. The molecule has 0 radical (unpaired) electrons. The number of halogens is 1. The minimum Gasteiger partial charge on any atom is -0.349 e. The number of hydrogen-bond donors (Lipinski definition) is 2. The highest BCUT2D eigenvalue weighted by atomic mass is 35.5. The number of nitrogens with one attached hydrogen (secondary N) is 2. The van der Waals surface area contributed by atoms with Crippen molar-refractivity contribution in [3.63, 3.8) is 0 Å². The van der Waals surface area contributed by atoms with Crippen molar-refractivity contribution >= 4 is 51.4 Å². The Labute approximate surface area is 230 Å². The normalized spacial score (nSPS) is 21.5. The topological polar surface area (TPSA) is 108 Å². The van der Waals surface area contributed by atoms with E-state index in [9.17, 15) is 14.4 Å². The first-order valence-electron chi connectivity index (χ1n) is 12.7. The van der Waals surface area contributed by atoms with Gasteiger partial charge in [0.1, 0.15) is 5.69 Å². The van der Waals surface area contributed by atoms with Gasteiger partial charge in [-0.1, -0.05) is 17.7 Å². The zero-order chi connectivity index (χ0) is 27.0. The van der Waals surface area contributed by atoms with Crippen LogP contribution in [0.2, 0.25) is 5.02 Å². The van der Waals surface area contributed by atoms with Crippen molar-refractivity contribution in [1.82, 2.24) is 30.4 Å². The molecule has 1 aromatic carbocycles. The Morgan fingerprint density at radius 2 is 1.87 bits per heavy atom. The van der Waals surface area contributed by atoms with Gasteiger partial charge in [-0.05, 0) is 49.9 Å². The van der Waals surface area contributed by atoms with Gasteiger partial charge < -0.3 is 20.4 Å². The van der Waals surface area contributed by atoms with Crippen LogP contribution in [0.15, 0.2) is 30.5 Å². The van der Waals surface area contributed by atoms with Crippen LogP contribution in [-0.2, 0) is 17.8 Å². The molecule has 0 saturated heterocycles. The number of hydrogen-bond acceptors (Lipinski definition) is 7. The summed E-state index contributed by atoms with van der Waals surface area (Å²) < 4.78 is 0. The molecule has 3 amide bonds. The summed E-state index contributed by atoms with van der Waals surface area (Å²) >= 11 is 7.48. The fourth-order valence-electron chi connectivity index (χ4n) is 5.22. The lowest BCUT2D eigenvalue weighted by molar-refractivity contribution is -0.134. The third-order valence-electron chi connectivity index (χ3n) is 7.31. The molecule has 1 saturated carbocycles. The number of aromatic nitrogens is 2. The van der Waals surface area contributed by atoms with Gasteiger partial charge in [-0.25, -0.2) is 4.98 Å². The lowest BCUT2D eigenvalue weighted by Gasteiger charge is -2.37. The number of fused-ring (bicyclic) bond motifs is 2. The first-order valence-corrected chi connectivity index (χ1v) is 13.9. The van der Waals surface area contributed by atoms with Gasteiger partial charge in [0.05, 0.1) is 11.7 Å². The van der Waals surface area contributed by atoms with E-state index >= 15 is 0 Å². The van der Waals surface area contributed by atoms with Crippen LogP contribution in [0.5, 0.6) is 0 Å². The summed E-state index contributed by atoms with van der Waals surface area (Å²) in [5, 5.41) is 8.90. The molecule has 1 aliphatic heterocycles. The van der Waals surface area contributed by atoms with Gasteiger partial charge in [-0.15, -0.1) is 11.3 Å². The number of carbonyl (C=O) groups excluding carboxylic acids is 3. The molecule has 200 valence electrons. The van der Waals surface area contributed by atoms with Crippen molar-refractivity contribution in [3.05, 3.63) is 56.8 Å². The Hall–Kier alpha value is -3.08. The van der Waals surface area contributed by atoms with Gasteiger partial charge in [-0.3, -0.25) is 19.4 Å². The summed E-state index contributed by atoms with van der Waals surface area (Å²) in [5.41, 5.74) is 1.27. The van der Waals surface area contributed by atoms with Crippen LogP contribution in [-0.4, -0.2) is 77.3 Å². The minimum atomic E-state index is -0.419. The van der Waals surface area contributed by atoms with Gasteiger partial charge in [0.15, 0.2) is 5.01 Å². The van der Waals surface area contributed by atoms with E-state index in [-0.39, 0.29) is 35.4 Å². The second-order valence-corrected chi connectivity index (χ2v) is 11.9. The van der Waals surface area contributed by atoms with Crippen LogP contribution in [0.25, 0.3) is 10.8 Å². The predicted octanol–water partition coefficient (Wildman–Crippen LogP) is 3.12. The second kappa shape index (κ2) is 11.0. The van der Waals surface area contributed by atoms with Crippen LogP contribution >= 0.6 is 22.9 Å². The molecule has 5 rings (SSSR count). The second-order valence-electron chi connectivity index (χ2n) is 10.3. The molecule has 1 fully saturated rings. The number of benzene rings is 1. The highest BCUT2D eigenvalue weighted by Gasteiger charge is 2.37. The number of nitrogens with zero attached hydrogens (tertiary/aromatic N) is 4. The van der Waals surface area contributed by atoms with Crippen molar-refractivity contribution < 1.29 is 14.4 Å². The molecule has 0 bridgehead atoms. The maximum Gasteiger partial charge on any atom is 0.280 e. The van der Waals surface area contributed by atoms with Crippen LogP contribution in [0.4, 0.5) is 0 Å². The van der Waals surface area contributed by atoms with Crippen molar-refractivity contribution in [1.29, 1.82) is 0 Å². The largest absolute Gasteiger partial charge is 0.349 e. The number of likely N-dealkylation sites (N-methyl/N-ethyl adjacent to an activating group) is 1. The molecule has 1 aliphatic carbocycles. The fraction of sp³-hybridized carbons (Fsp3) is 0.444. The van der Waals surface area contributed by atoms with Gasteiger partial charge >= 0.3 is 0 Å². The Kier molecular flexibility index (Phi) is 7.65. The summed E-state index contributed by atoms with van der Waals surface area (Å²) in [4.78, 5) is 53.1. The SMILES string of the molecule is CN1CCc2nc(C(=O)N[C@H]3C[C@@H](C(=O)N(C)C)CC[C@@H]3NC(=O)c3cc4ccc(Cl)cc4cn3)sc2C1. The van der Waals surface area contributed by atoms with E-state index in [1.165, 1.54) is 11.3 Å². The molecule has 9 nitrogen and oxygen atoms in total. The third-order valence-corrected chi connectivity index (χ3v) is 8.62. The monoisotopic (exact) mass is 554 g/mol. The van der Waals surface area contributed by atoms with E-state index in [2.05, 4.69) is 32.5 Å². The summed E-state index contributed by atoms with van der Waals surface area (Å²) in [6.07, 6.45) is 4.07. The van der Waals surface area contributed by atoms with Crippen molar-refractivity contribution in [2.45, 2.75) is 44.3 Å². The molecular weight excluding hydrogens is 524 g/mol. The van der Waals surface area contributed by atoms with Gasteiger partial charge in [0.2, 0.25) is 5.91 Å². The van der Waals surface area contributed by atoms with E-state index in [1.807, 2.05) is 6.07 Å².